The molecule has 1 heterocycles. The first-order chi connectivity index (χ1) is 11.8. The number of benzene rings is 2. The molecule has 0 atom stereocenters. The zero-order valence-corrected chi connectivity index (χ0v) is 13.6. The number of nitrogens with one attached hydrogen (secondary N) is 1. The maximum atomic E-state index is 12.3. The first kappa shape index (κ1) is 16.2. The van der Waals surface area contributed by atoms with Crippen LogP contribution >= 0.6 is 11.3 Å². The molecular weight excluding hydrogens is 324 g/mol. The molecule has 6 heteroatoms. The number of amides is 1. The van der Waals surface area contributed by atoms with Gasteiger partial charge in [-0.1, -0.05) is 12.1 Å². The van der Waals surface area contributed by atoms with Crippen LogP contribution in [0.15, 0.2) is 59.4 Å². The first-order valence-electron chi connectivity index (χ1n) is 7.40. The fraction of sp³-hybridized carbons (Fsp3) is 0.111. The van der Waals surface area contributed by atoms with Crippen molar-refractivity contribution in [2.75, 3.05) is 18.5 Å². The fourth-order valence-electron chi connectivity index (χ4n) is 2.15. The second kappa shape index (κ2) is 7.72. The Morgan fingerprint density at radius 2 is 1.88 bits per heavy atom. The van der Waals surface area contributed by atoms with Crippen LogP contribution in [0.4, 0.5) is 5.69 Å². The number of thiazole rings is 1. The van der Waals surface area contributed by atoms with E-state index in [1.54, 1.807) is 41.9 Å². The van der Waals surface area contributed by atoms with Gasteiger partial charge in [0.15, 0.2) is 0 Å². The Labute approximate surface area is 143 Å². The predicted octanol–water partition coefficient (Wildman–Crippen LogP) is 3.43. The van der Waals surface area contributed by atoms with E-state index in [1.807, 2.05) is 17.5 Å². The van der Waals surface area contributed by atoms with Gasteiger partial charge in [-0.25, -0.2) is 4.98 Å². The zero-order valence-electron chi connectivity index (χ0n) is 12.8. The second-order valence-corrected chi connectivity index (χ2v) is 5.72. The molecule has 0 radical (unpaired) electrons. The van der Waals surface area contributed by atoms with E-state index in [2.05, 4.69) is 10.3 Å². The molecule has 0 fully saturated rings. The molecule has 2 N–H and O–H groups in total. The van der Waals surface area contributed by atoms with E-state index in [9.17, 15) is 4.79 Å². The maximum Gasteiger partial charge on any atom is 0.255 e. The number of carbonyl (C=O) groups excluding carboxylic acids is 1. The minimum Gasteiger partial charge on any atom is -0.491 e. The van der Waals surface area contributed by atoms with Crippen LogP contribution in [0.25, 0.3) is 11.3 Å². The number of aliphatic hydroxyl groups excluding tert-OH is 1. The third-order valence-corrected chi connectivity index (χ3v) is 3.93. The third-order valence-electron chi connectivity index (χ3n) is 3.35. The number of nitrogens with zero attached hydrogens (tertiary/aromatic N) is 1. The maximum absolute atomic E-state index is 12.3. The van der Waals surface area contributed by atoms with Gasteiger partial charge in [-0.3, -0.25) is 4.79 Å². The number of ether oxygens (including phenoxy) is 1. The van der Waals surface area contributed by atoms with E-state index in [-0.39, 0.29) is 19.1 Å². The Morgan fingerprint density at radius 3 is 2.50 bits per heavy atom. The number of anilines is 1. The summed E-state index contributed by atoms with van der Waals surface area (Å²) < 4.78 is 5.28. The molecule has 1 aromatic heterocycles. The van der Waals surface area contributed by atoms with E-state index < -0.39 is 0 Å². The standard InChI is InChI=1S/C18H16N2O3S/c21-9-10-23-16-7-5-15(6-8-16)20-18(22)14-3-1-13(2-4-14)17-11-24-12-19-17/h1-8,11-12,21H,9-10H2,(H,20,22). The number of aromatic nitrogens is 1. The summed E-state index contributed by atoms with van der Waals surface area (Å²) in [6.45, 7) is 0.215. The summed E-state index contributed by atoms with van der Waals surface area (Å²) in [6, 6.07) is 14.3. The number of hydrogen-bond donors (Lipinski definition) is 2. The third kappa shape index (κ3) is 3.98. The summed E-state index contributed by atoms with van der Waals surface area (Å²) in [5.41, 5.74) is 4.93. The highest BCUT2D eigenvalue weighted by atomic mass is 32.1. The van der Waals surface area contributed by atoms with Gasteiger partial charge in [-0.15, -0.1) is 11.3 Å². The van der Waals surface area contributed by atoms with E-state index >= 15 is 0 Å². The van der Waals surface area contributed by atoms with Gasteiger partial charge < -0.3 is 15.2 Å². The van der Waals surface area contributed by atoms with Crippen molar-refractivity contribution < 1.29 is 14.6 Å². The minimum absolute atomic E-state index is 0.0324. The van der Waals surface area contributed by atoms with Gasteiger partial charge in [0.05, 0.1) is 17.8 Å². The first-order valence-corrected chi connectivity index (χ1v) is 8.34. The van der Waals surface area contributed by atoms with Crippen LogP contribution in [0.3, 0.4) is 0 Å². The van der Waals surface area contributed by atoms with E-state index in [1.165, 1.54) is 11.3 Å². The summed E-state index contributed by atoms with van der Waals surface area (Å²) >= 11 is 1.54. The van der Waals surface area contributed by atoms with Crippen molar-refractivity contribution in [3.05, 3.63) is 65.0 Å². The molecule has 0 aliphatic carbocycles. The quantitative estimate of drug-likeness (QED) is 0.721. The van der Waals surface area contributed by atoms with Crippen molar-refractivity contribution in [1.82, 2.24) is 4.98 Å². The van der Waals surface area contributed by atoms with Gasteiger partial charge in [0, 0.05) is 22.2 Å². The van der Waals surface area contributed by atoms with Gasteiger partial charge in [-0.05, 0) is 36.4 Å². The highest BCUT2D eigenvalue weighted by Gasteiger charge is 2.07. The highest BCUT2D eigenvalue weighted by Crippen LogP contribution is 2.20. The van der Waals surface area contributed by atoms with Crippen molar-refractivity contribution in [3.8, 4) is 17.0 Å². The molecule has 0 saturated carbocycles. The molecule has 0 aliphatic heterocycles. The van der Waals surface area contributed by atoms with Gasteiger partial charge in [0.2, 0.25) is 0 Å². The van der Waals surface area contributed by atoms with Crippen molar-refractivity contribution >= 4 is 22.9 Å². The molecule has 1 amide bonds. The molecular formula is C18H16N2O3S. The van der Waals surface area contributed by atoms with Gasteiger partial charge in [0.1, 0.15) is 12.4 Å². The lowest BCUT2D eigenvalue weighted by molar-refractivity contribution is 0.102. The predicted molar refractivity (Wildman–Crippen MR) is 94.5 cm³/mol. The Balaban J connectivity index is 1.64. The summed E-state index contributed by atoms with van der Waals surface area (Å²) in [6.07, 6.45) is 0. The summed E-state index contributed by atoms with van der Waals surface area (Å²) in [5.74, 6) is 0.471. The van der Waals surface area contributed by atoms with Crippen LogP contribution in [0.2, 0.25) is 0 Å². The zero-order chi connectivity index (χ0) is 16.8. The Morgan fingerprint density at radius 1 is 1.12 bits per heavy atom. The highest BCUT2D eigenvalue weighted by molar-refractivity contribution is 7.07. The molecule has 0 saturated heterocycles. The topological polar surface area (TPSA) is 71.5 Å². The van der Waals surface area contributed by atoms with Crippen molar-refractivity contribution in [2.24, 2.45) is 0 Å². The monoisotopic (exact) mass is 340 g/mol. The van der Waals surface area contributed by atoms with Crippen LogP contribution in [0.5, 0.6) is 5.75 Å². The second-order valence-electron chi connectivity index (χ2n) is 5.00. The van der Waals surface area contributed by atoms with E-state index in [0.717, 1.165) is 11.3 Å². The molecule has 0 spiro atoms. The van der Waals surface area contributed by atoms with Crippen LogP contribution in [-0.2, 0) is 0 Å². The van der Waals surface area contributed by atoms with Gasteiger partial charge in [0.25, 0.3) is 5.91 Å². The van der Waals surface area contributed by atoms with Crippen LogP contribution in [-0.4, -0.2) is 29.2 Å². The molecule has 5 nitrogen and oxygen atoms in total. The Hall–Kier alpha value is -2.70. The van der Waals surface area contributed by atoms with Crippen molar-refractivity contribution in [2.45, 2.75) is 0 Å². The number of rotatable bonds is 6. The molecule has 3 aromatic rings. The molecule has 3 rings (SSSR count). The van der Waals surface area contributed by atoms with Crippen LogP contribution in [0, 0.1) is 0 Å². The minimum atomic E-state index is -0.177. The molecule has 122 valence electrons. The SMILES string of the molecule is O=C(Nc1ccc(OCCO)cc1)c1ccc(-c2cscn2)cc1. The molecule has 2 aromatic carbocycles. The molecule has 0 unspecified atom stereocenters. The lowest BCUT2D eigenvalue weighted by Crippen LogP contribution is -2.11. The normalized spacial score (nSPS) is 10.4. The average molecular weight is 340 g/mol. The molecule has 0 aliphatic rings. The number of carbonyl (C=O) groups is 1. The van der Waals surface area contributed by atoms with Gasteiger partial charge >= 0.3 is 0 Å². The Kier molecular flexibility index (Phi) is 5.20. The van der Waals surface area contributed by atoms with Crippen LogP contribution in [0.1, 0.15) is 10.4 Å². The number of aliphatic hydroxyl groups is 1. The summed E-state index contributed by atoms with van der Waals surface area (Å²) in [4.78, 5) is 16.5. The molecule has 0 bridgehead atoms. The Bertz CT molecular complexity index is 784. The van der Waals surface area contributed by atoms with Crippen molar-refractivity contribution in [1.29, 1.82) is 0 Å². The van der Waals surface area contributed by atoms with Gasteiger partial charge in [-0.2, -0.15) is 0 Å². The summed E-state index contributed by atoms with van der Waals surface area (Å²) in [7, 11) is 0. The lowest BCUT2D eigenvalue weighted by atomic mass is 10.1. The van der Waals surface area contributed by atoms with Crippen molar-refractivity contribution in [3.63, 3.8) is 0 Å². The lowest BCUT2D eigenvalue weighted by Gasteiger charge is -2.08. The average Bonchev–Trinajstić information content (AvgIpc) is 3.16. The van der Waals surface area contributed by atoms with Crippen LogP contribution < -0.4 is 10.1 Å². The smallest absolute Gasteiger partial charge is 0.255 e. The largest absolute Gasteiger partial charge is 0.491 e. The fourth-order valence-corrected chi connectivity index (χ4v) is 2.71. The summed E-state index contributed by atoms with van der Waals surface area (Å²) in [5, 5.41) is 13.5. The molecule has 24 heavy (non-hydrogen) atoms. The van der Waals surface area contributed by atoms with E-state index in [4.69, 9.17) is 9.84 Å². The van der Waals surface area contributed by atoms with E-state index in [0.29, 0.717) is 17.0 Å². The number of hydrogen-bond acceptors (Lipinski definition) is 5.